The van der Waals surface area contributed by atoms with Crippen LogP contribution in [-0.4, -0.2) is 21.2 Å². The number of imidazole rings is 1. The highest BCUT2D eigenvalue weighted by molar-refractivity contribution is 9.10. The van der Waals surface area contributed by atoms with Gasteiger partial charge in [-0.15, -0.1) is 0 Å². The summed E-state index contributed by atoms with van der Waals surface area (Å²) in [5, 5.41) is 3.29. The molecule has 4 nitrogen and oxygen atoms in total. The first-order valence-electron chi connectivity index (χ1n) is 9.59. The second-order valence-electron chi connectivity index (χ2n) is 7.01. The molecule has 9 heteroatoms. The summed E-state index contributed by atoms with van der Waals surface area (Å²) in [6.07, 6.45) is -4.45. The number of aromatic nitrogens is 2. The Morgan fingerprint density at radius 2 is 1.75 bits per heavy atom. The van der Waals surface area contributed by atoms with Crippen LogP contribution in [-0.2, 0) is 17.5 Å². The van der Waals surface area contributed by atoms with Crippen LogP contribution in [0.15, 0.2) is 82.4 Å². The van der Waals surface area contributed by atoms with Crippen molar-refractivity contribution < 1.29 is 18.0 Å². The van der Waals surface area contributed by atoms with Gasteiger partial charge in [0.15, 0.2) is 5.16 Å². The second-order valence-corrected chi connectivity index (χ2v) is 8.87. The van der Waals surface area contributed by atoms with Gasteiger partial charge in [0.1, 0.15) is 0 Å². The van der Waals surface area contributed by atoms with Crippen LogP contribution in [0.3, 0.4) is 0 Å². The van der Waals surface area contributed by atoms with Crippen molar-refractivity contribution in [1.29, 1.82) is 0 Å². The number of carbonyl (C=O) groups is 1. The molecule has 164 valence electrons. The van der Waals surface area contributed by atoms with E-state index in [-0.39, 0.29) is 17.2 Å². The van der Waals surface area contributed by atoms with Gasteiger partial charge in [-0.3, -0.25) is 4.79 Å². The van der Waals surface area contributed by atoms with Crippen molar-refractivity contribution in [2.24, 2.45) is 0 Å². The van der Waals surface area contributed by atoms with Gasteiger partial charge in [0.05, 0.1) is 28.9 Å². The number of hydrogen-bond donors (Lipinski definition) is 1. The molecule has 0 bridgehead atoms. The third-order valence-electron chi connectivity index (χ3n) is 4.68. The quantitative estimate of drug-likeness (QED) is 0.292. The number of anilines is 1. The smallest absolute Gasteiger partial charge is 0.325 e. The molecule has 4 aromatic rings. The van der Waals surface area contributed by atoms with E-state index < -0.39 is 11.7 Å². The standard InChI is InChI=1S/C23H17BrF3N3OS/c24-17-7-9-18(10-8-17)28-21(31)14-32-22-29-19-12-16(23(25,26)27)6-11-20(19)30(22)13-15-4-2-1-3-5-15/h1-12H,13-14H2,(H,28,31). The minimum absolute atomic E-state index is 0.0697. The Morgan fingerprint density at radius 3 is 2.44 bits per heavy atom. The van der Waals surface area contributed by atoms with Gasteiger partial charge in [-0.2, -0.15) is 13.2 Å². The third-order valence-corrected chi connectivity index (χ3v) is 6.19. The van der Waals surface area contributed by atoms with E-state index in [1.807, 2.05) is 47.0 Å². The molecule has 0 spiro atoms. The highest BCUT2D eigenvalue weighted by atomic mass is 79.9. The monoisotopic (exact) mass is 519 g/mol. The van der Waals surface area contributed by atoms with Crippen molar-refractivity contribution in [3.63, 3.8) is 0 Å². The van der Waals surface area contributed by atoms with Gasteiger partial charge in [-0.1, -0.05) is 58.0 Å². The Bertz CT molecular complexity index is 1240. The molecular formula is C23H17BrF3N3OS. The van der Waals surface area contributed by atoms with Gasteiger partial charge in [-0.05, 0) is 48.0 Å². The molecule has 1 aromatic heterocycles. The molecule has 0 radical (unpaired) electrons. The molecule has 0 unspecified atom stereocenters. The first kappa shape index (κ1) is 22.4. The van der Waals surface area contributed by atoms with Crippen molar-refractivity contribution in [2.45, 2.75) is 17.9 Å². The minimum Gasteiger partial charge on any atom is -0.325 e. The van der Waals surface area contributed by atoms with Crippen molar-refractivity contribution in [2.75, 3.05) is 11.1 Å². The Hall–Kier alpha value is -2.78. The molecule has 0 fully saturated rings. The third kappa shape index (κ3) is 5.34. The lowest BCUT2D eigenvalue weighted by atomic mass is 10.2. The maximum absolute atomic E-state index is 13.2. The Balaban J connectivity index is 1.60. The van der Waals surface area contributed by atoms with E-state index in [0.717, 1.165) is 22.2 Å². The minimum atomic E-state index is -4.45. The van der Waals surface area contributed by atoms with Crippen LogP contribution < -0.4 is 5.32 Å². The van der Waals surface area contributed by atoms with E-state index in [1.54, 1.807) is 12.1 Å². The summed E-state index contributed by atoms with van der Waals surface area (Å²) >= 11 is 4.53. The van der Waals surface area contributed by atoms with E-state index in [4.69, 9.17) is 0 Å². The van der Waals surface area contributed by atoms with Gasteiger partial charge in [0, 0.05) is 10.2 Å². The molecule has 3 aromatic carbocycles. The summed E-state index contributed by atoms with van der Waals surface area (Å²) in [6.45, 7) is 0.430. The largest absolute Gasteiger partial charge is 0.416 e. The average Bonchev–Trinajstić information content (AvgIpc) is 3.11. The Kier molecular flexibility index (Phi) is 6.57. The fraction of sp³-hybridized carbons (Fsp3) is 0.130. The fourth-order valence-corrected chi connectivity index (χ4v) is 4.25. The van der Waals surface area contributed by atoms with Gasteiger partial charge < -0.3 is 9.88 Å². The highest BCUT2D eigenvalue weighted by Crippen LogP contribution is 2.33. The molecule has 1 amide bonds. The van der Waals surface area contributed by atoms with Crippen LogP contribution in [0.25, 0.3) is 11.0 Å². The zero-order chi connectivity index (χ0) is 22.7. The lowest BCUT2D eigenvalue weighted by Crippen LogP contribution is -2.14. The molecular weight excluding hydrogens is 503 g/mol. The Morgan fingerprint density at radius 1 is 1.03 bits per heavy atom. The topological polar surface area (TPSA) is 46.9 Å². The maximum atomic E-state index is 13.2. The molecule has 4 rings (SSSR count). The number of carbonyl (C=O) groups excluding carboxylic acids is 1. The van der Waals surface area contributed by atoms with E-state index in [2.05, 4.69) is 26.2 Å². The molecule has 1 heterocycles. The number of alkyl halides is 3. The predicted octanol–water partition coefficient (Wildman–Crippen LogP) is 6.60. The first-order chi connectivity index (χ1) is 15.3. The van der Waals surface area contributed by atoms with E-state index >= 15 is 0 Å². The number of benzene rings is 3. The normalized spacial score (nSPS) is 11.6. The summed E-state index contributed by atoms with van der Waals surface area (Å²) in [5.41, 5.74) is 1.71. The van der Waals surface area contributed by atoms with E-state index in [0.29, 0.717) is 22.9 Å². The van der Waals surface area contributed by atoms with Crippen LogP contribution in [0, 0.1) is 0 Å². The second kappa shape index (κ2) is 9.38. The average molecular weight is 520 g/mol. The number of nitrogens with one attached hydrogen (secondary N) is 1. The van der Waals surface area contributed by atoms with Crippen molar-refractivity contribution in [1.82, 2.24) is 9.55 Å². The summed E-state index contributed by atoms with van der Waals surface area (Å²) in [5.74, 6) is -0.160. The van der Waals surface area contributed by atoms with Crippen LogP contribution >= 0.6 is 27.7 Å². The van der Waals surface area contributed by atoms with E-state index in [9.17, 15) is 18.0 Å². The fourth-order valence-electron chi connectivity index (χ4n) is 3.17. The number of rotatable bonds is 6. The predicted molar refractivity (Wildman–Crippen MR) is 124 cm³/mol. The van der Waals surface area contributed by atoms with Crippen LogP contribution in [0.1, 0.15) is 11.1 Å². The zero-order valence-corrected chi connectivity index (χ0v) is 19.0. The van der Waals surface area contributed by atoms with E-state index in [1.165, 1.54) is 17.8 Å². The first-order valence-corrected chi connectivity index (χ1v) is 11.4. The molecule has 0 aliphatic carbocycles. The lowest BCUT2D eigenvalue weighted by molar-refractivity contribution is -0.137. The van der Waals surface area contributed by atoms with Crippen LogP contribution in [0.4, 0.5) is 18.9 Å². The number of thioether (sulfide) groups is 1. The summed E-state index contributed by atoms with van der Waals surface area (Å²) < 4.78 is 42.2. The van der Waals surface area contributed by atoms with Crippen LogP contribution in [0.2, 0.25) is 0 Å². The van der Waals surface area contributed by atoms with Crippen molar-refractivity contribution in [3.8, 4) is 0 Å². The van der Waals surface area contributed by atoms with Crippen molar-refractivity contribution in [3.05, 3.63) is 88.4 Å². The van der Waals surface area contributed by atoms with Gasteiger partial charge >= 0.3 is 6.18 Å². The number of nitrogens with zero attached hydrogens (tertiary/aromatic N) is 2. The Labute approximate surface area is 195 Å². The summed E-state index contributed by atoms with van der Waals surface area (Å²) in [4.78, 5) is 16.8. The molecule has 32 heavy (non-hydrogen) atoms. The summed E-state index contributed by atoms with van der Waals surface area (Å²) in [6, 6.07) is 20.3. The van der Waals surface area contributed by atoms with Crippen molar-refractivity contribution >= 4 is 50.3 Å². The molecule has 0 saturated carbocycles. The number of hydrogen-bond acceptors (Lipinski definition) is 3. The number of amides is 1. The van der Waals surface area contributed by atoms with Gasteiger partial charge in [0.2, 0.25) is 5.91 Å². The van der Waals surface area contributed by atoms with Crippen LogP contribution in [0.5, 0.6) is 0 Å². The number of halogens is 4. The van der Waals surface area contributed by atoms with Gasteiger partial charge in [0.25, 0.3) is 0 Å². The molecule has 0 aliphatic rings. The highest BCUT2D eigenvalue weighted by Gasteiger charge is 2.31. The maximum Gasteiger partial charge on any atom is 0.416 e. The lowest BCUT2D eigenvalue weighted by Gasteiger charge is -2.10. The molecule has 1 N–H and O–H groups in total. The molecule has 0 saturated heterocycles. The molecule has 0 aliphatic heterocycles. The zero-order valence-electron chi connectivity index (χ0n) is 16.6. The van der Waals surface area contributed by atoms with Gasteiger partial charge in [-0.25, -0.2) is 4.98 Å². The summed E-state index contributed by atoms with van der Waals surface area (Å²) in [7, 11) is 0. The molecule has 0 atom stereocenters. The number of fused-ring (bicyclic) bond motifs is 1. The SMILES string of the molecule is O=C(CSc1nc2cc(C(F)(F)F)ccc2n1Cc1ccccc1)Nc1ccc(Br)cc1.